The monoisotopic (exact) mass is 401 g/mol. The zero-order chi connectivity index (χ0) is 19.4. The Balaban J connectivity index is 1.94. The van der Waals surface area contributed by atoms with Crippen LogP contribution in [0.3, 0.4) is 0 Å². The molecule has 1 amide bonds. The number of para-hydroxylation sites is 2. The second-order valence-corrected chi connectivity index (χ2v) is 7.21. The Morgan fingerprint density at radius 2 is 1.81 bits per heavy atom. The maximum atomic E-state index is 13.0. The molecular formula is C20H19NO4S2. The summed E-state index contributed by atoms with van der Waals surface area (Å²) in [5.74, 6) is 1.69. The van der Waals surface area contributed by atoms with Crippen molar-refractivity contribution in [3.05, 3.63) is 52.9 Å². The molecule has 0 spiro atoms. The Morgan fingerprint density at radius 1 is 1.07 bits per heavy atom. The van der Waals surface area contributed by atoms with Crippen LogP contribution < -0.4 is 19.1 Å². The predicted molar refractivity (Wildman–Crippen MR) is 113 cm³/mol. The zero-order valence-electron chi connectivity index (χ0n) is 15.2. The summed E-state index contributed by atoms with van der Waals surface area (Å²) in [6.07, 6.45) is 1.80. The number of nitrogens with zero attached hydrogens (tertiary/aromatic N) is 1. The van der Waals surface area contributed by atoms with Crippen LogP contribution >= 0.6 is 24.0 Å². The highest BCUT2D eigenvalue weighted by Gasteiger charge is 2.34. The van der Waals surface area contributed by atoms with E-state index >= 15 is 0 Å². The van der Waals surface area contributed by atoms with Gasteiger partial charge in [0.15, 0.2) is 15.8 Å². The first kappa shape index (κ1) is 19.3. The van der Waals surface area contributed by atoms with Crippen molar-refractivity contribution in [3.63, 3.8) is 0 Å². The molecule has 0 N–H and O–H groups in total. The fourth-order valence-corrected chi connectivity index (χ4v) is 3.97. The van der Waals surface area contributed by atoms with E-state index in [2.05, 4.69) is 0 Å². The van der Waals surface area contributed by atoms with Gasteiger partial charge in [0.2, 0.25) is 0 Å². The topological polar surface area (TPSA) is 48.0 Å². The van der Waals surface area contributed by atoms with Gasteiger partial charge in [0.25, 0.3) is 5.91 Å². The number of hydrogen-bond acceptors (Lipinski definition) is 6. The van der Waals surface area contributed by atoms with E-state index < -0.39 is 0 Å². The normalized spacial score (nSPS) is 15.4. The second kappa shape index (κ2) is 8.45. The number of anilines is 1. The maximum absolute atomic E-state index is 13.0. The average Bonchev–Trinajstić information content (AvgIpc) is 2.95. The molecule has 0 bridgehead atoms. The molecule has 0 unspecified atom stereocenters. The summed E-state index contributed by atoms with van der Waals surface area (Å²) in [6.45, 7) is 2.41. The number of thioether (sulfide) groups is 1. The molecule has 1 saturated heterocycles. The van der Waals surface area contributed by atoms with Gasteiger partial charge >= 0.3 is 0 Å². The van der Waals surface area contributed by atoms with E-state index in [0.29, 0.717) is 38.8 Å². The molecule has 7 heteroatoms. The van der Waals surface area contributed by atoms with E-state index in [1.807, 2.05) is 43.3 Å². The first-order valence-electron chi connectivity index (χ1n) is 8.30. The van der Waals surface area contributed by atoms with Gasteiger partial charge in [-0.1, -0.05) is 42.2 Å². The third-order valence-electron chi connectivity index (χ3n) is 3.91. The predicted octanol–water partition coefficient (Wildman–Crippen LogP) is 4.51. The van der Waals surface area contributed by atoms with Crippen molar-refractivity contribution in [1.82, 2.24) is 0 Å². The highest BCUT2D eigenvalue weighted by Crippen LogP contribution is 2.40. The molecule has 5 nitrogen and oxygen atoms in total. The van der Waals surface area contributed by atoms with E-state index in [1.54, 1.807) is 26.4 Å². The van der Waals surface area contributed by atoms with E-state index in [1.165, 1.54) is 16.7 Å². The molecule has 3 rings (SSSR count). The van der Waals surface area contributed by atoms with E-state index in [4.69, 9.17) is 26.4 Å². The van der Waals surface area contributed by atoms with Crippen molar-refractivity contribution in [2.24, 2.45) is 0 Å². The zero-order valence-corrected chi connectivity index (χ0v) is 16.9. The Bertz CT molecular complexity index is 911. The lowest BCUT2D eigenvalue weighted by Crippen LogP contribution is -2.28. The Kier molecular flexibility index (Phi) is 6.03. The Labute approximate surface area is 167 Å². The molecular weight excluding hydrogens is 382 g/mol. The van der Waals surface area contributed by atoms with Crippen molar-refractivity contribution >= 4 is 46.0 Å². The third-order valence-corrected chi connectivity index (χ3v) is 5.21. The summed E-state index contributed by atoms with van der Waals surface area (Å²) in [6, 6.07) is 12.9. The first-order chi connectivity index (χ1) is 13.1. The van der Waals surface area contributed by atoms with Crippen molar-refractivity contribution < 1.29 is 19.0 Å². The fraction of sp³-hybridized carbons (Fsp3) is 0.200. The maximum Gasteiger partial charge on any atom is 0.270 e. The lowest BCUT2D eigenvalue weighted by Gasteiger charge is -2.18. The third kappa shape index (κ3) is 3.94. The summed E-state index contributed by atoms with van der Waals surface area (Å²) >= 11 is 6.71. The van der Waals surface area contributed by atoms with Gasteiger partial charge in [-0.05, 0) is 42.8 Å². The number of carbonyl (C=O) groups is 1. The first-order valence-corrected chi connectivity index (χ1v) is 9.53. The van der Waals surface area contributed by atoms with E-state index in [0.717, 1.165) is 5.56 Å². The minimum atomic E-state index is -0.174. The number of rotatable bonds is 6. The lowest BCUT2D eigenvalue weighted by atomic mass is 10.2. The van der Waals surface area contributed by atoms with Crippen LogP contribution in [0.1, 0.15) is 12.5 Å². The van der Waals surface area contributed by atoms with Gasteiger partial charge in [-0.25, -0.2) is 0 Å². The minimum Gasteiger partial charge on any atom is -0.493 e. The van der Waals surface area contributed by atoms with Crippen LogP contribution in [0.5, 0.6) is 17.2 Å². The molecule has 0 atom stereocenters. The van der Waals surface area contributed by atoms with Gasteiger partial charge in [0.05, 0.1) is 31.4 Å². The Morgan fingerprint density at radius 3 is 2.52 bits per heavy atom. The van der Waals surface area contributed by atoms with Crippen LogP contribution in [0.2, 0.25) is 0 Å². The molecule has 0 aromatic heterocycles. The number of ether oxygens (including phenoxy) is 3. The van der Waals surface area contributed by atoms with Crippen LogP contribution in [0.15, 0.2) is 47.4 Å². The van der Waals surface area contributed by atoms with Crippen molar-refractivity contribution in [2.75, 3.05) is 25.7 Å². The van der Waals surface area contributed by atoms with Crippen molar-refractivity contribution in [1.29, 1.82) is 0 Å². The molecule has 1 fully saturated rings. The largest absolute Gasteiger partial charge is 0.493 e. The number of hydrogen-bond donors (Lipinski definition) is 0. The summed E-state index contributed by atoms with van der Waals surface area (Å²) in [5, 5.41) is 0. The standard InChI is InChI=1S/C20H19NO4S2/c1-4-25-15-8-6-5-7-14(15)21-19(22)18(27-20(21)26)12-13-9-10-16(23-2)17(11-13)24-3/h5-12H,4H2,1-3H3. The molecule has 0 saturated carbocycles. The SMILES string of the molecule is CCOc1ccccc1N1C(=O)C(=Cc2ccc(OC)c(OC)c2)SC1=S. The number of methoxy groups -OCH3 is 2. The van der Waals surface area contributed by atoms with Crippen LogP contribution in [0.4, 0.5) is 5.69 Å². The number of carbonyl (C=O) groups excluding carboxylic acids is 1. The van der Waals surface area contributed by atoms with E-state index in [9.17, 15) is 4.79 Å². The lowest BCUT2D eigenvalue weighted by molar-refractivity contribution is -0.113. The molecule has 1 heterocycles. The van der Waals surface area contributed by atoms with Gasteiger partial charge < -0.3 is 14.2 Å². The summed E-state index contributed by atoms with van der Waals surface area (Å²) in [4.78, 5) is 15.0. The summed E-state index contributed by atoms with van der Waals surface area (Å²) < 4.78 is 16.7. The van der Waals surface area contributed by atoms with Crippen LogP contribution in [-0.2, 0) is 4.79 Å². The van der Waals surface area contributed by atoms with Crippen LogP contribution in [0.25, 0.3) is 6.08 Å². The summed E-state index contributed by atoms with van der Waals surface area (Å²) in [7, 11) is 3.16. The smallest absolute Gasteiger partial charge is 0.270 e. The highest BCUT2D eigenvalue weighted by molar-refractivity contribution is 8.27. The number of benzene rings is 2. The molecule has 1 aliphatic heterocycles. The molecule has 140 valence electrons. The second-order valence-electron chi connectivity index (χ2n) is 5.53. The van der Waals surface area contributed by atoms with Gasteiger partial charge in [0.1, 0.15) is 5.75 Å². The average molecular weight is 402 g/mol. The van der Waals surface area contributed by atoms with Gasteiger partial charge in [-0.3, -0.25) is 9.69 Å². The molecule has 2 aromatic rings. The summed E-state index contributed by atoms with van der Waals surface area (Å²) in [5.41, 5.74) is 1.48. The van der Waals surface area contributed by atoms with Gasteiger partial charge in [-0.2, -0.15) is 0 Å². The van der Waals surface area contributed by atoms with Crippen molar-refractivity contribution in [3.8, 4) is 17.2 Å². The highest BCUT2D eigenvalue weighted by atomic mass is 32.2. The van der Waals surface area contributed by atoms with Gasteiger partial charge in [-0.15, -0.1) is 0 Å². The van der Waals surface area contributed by atoms with Gasteiger partial charge in [0, 0.05) is 0 Å². The molecule has 0 aliphatic carbocycles. The van der Waals surface area contributed by atoms with Crippen molar-refractivity contribution in [2.45, 2.75) is 6.92 Å². The molecule has 27 heavy (non-hydrogen) atoms. The quantitative estimate of drug-likeness (QED) is 0.524. The number of amides is 1. The number of thiocarbonyl (C=S) groups is 1. The van der Waals surface area contributed by atoms with E-state index in [-0.39, 0.29) is 5.91 Å². The molecule has 0 radical (unpaired) electrons. The Hall–Kier alpha value is -2.51. The minimum absolute atomic E-state index is 0.174. The van der Waals surface area contributed by atoms with Crippen LogP contribution in [-0.4, -0.2) is 31.1 Å². The molecule has 2 aromatic carbocycles. The fourth-order valence-electron chi connectivity index (χ4n) is 2.69. The molecule has 1 aliphatic rings. The van der Waals surface area contributed by atoms with Crippen LogP contribution in [0, 0.1) is 0 Å².